The van der Waals surface area contributed by atoms with Crippen molar-refractivity contribution in [3.63, 3.8) is 0 Å². The molecule has 2 atom stereocenters. The molecule has 4 heteroatoms. The summed E-state index contributed by atoms with van der Waals surface area (Å²) in [5.74, 6) is -0.0990. The fourth-order valence-corrected chi connectivity index (χ4v) is 3.60. The molecule has 0 heterocycles. The second-order valence-corrected chi connectivity index (χ2v) is 6.44. The molecule has 0 aromatic rings. The van der Waals surface area contributed by atoms with Gasteiger partial charge in [0.25, 0.3) is 5.97 Å². The lowest BCUT2D eigenvalue weighted by molar-refractivity contribution is -0.386. The molecule has 0 saturated carbocycles. The summed E-state index contributed by atoms with van der Waals surface area (Å²) in [6.45, 7) is 5.54. The zero-order valence-electron chi connectivity index (χ0n) is 16.5. The summed E-state index contributed by atoms with van der Waals surface area (Å²) in [5, 5.41) is 3.23. The zero-order chi connectivity index (χ0) is 17.6. The predicted octanol–water partition coefficient (Wildman–Crippen LogP) is 4.58. The van der Waals surface area contributed by atoms with Crippen LogP contribution in [0.5, 0.6) is 0 Å². The maximum absolute atomic E-state index is 5.69. The fraction of sp³-hybridized carbons (Fsp3) is 1.00. The van der Waals surface area contributed by atoms with E-state index in [0.717, 1.165) is 25.8 Å². The van der Waals surface area contributed by atoms with E-state index in [0.29, 0.717) is 5.92 Å². The van der Waals surface area contributed by atoms with Crippen LogP contribution in [-0.4, -0.2) is 40.9 Å². The molecular formula is C19H41NO3. The van der Waals surface area contributed by atoms with Crippen molar-refractivity contribution in [1.29, 1.82) is 0 Å². The number of hydrogen-bond acceptors (Lipinski definition) is 4. The summed E-state index contributed by atoms with van der Waals surface area (Å²) in [6.07, 6.45) is 11.1. The van der Waals surface area contributed by atoms with Crippen molar-refractivity contribution in [3.8, 4) is 0 Å². The molecule has 0 spiro atoms. The van der Waals surface area contributed by atoms with Crippen LogP contribution in [0.2, 0.25) is 0 Å². The number of unbranched alkanes of at least 4 members (excludes halogenated alkanes) is 4. The van der Waals surface area contributed by atoms with Gasteiger partial charge in [-0.15, -0.1) is 0 Å². The number of rotatable bonds is 16. The number of ether oxygens (including phenoxy) is 3. The molecule has 0 amide bonds. The van der Waals surface area contributed by atoms with Gasteiger partial charge in [-0.1, -0.05) is 52.4 Å². The second-order valence-electron chi connectivity index (χ2n) is 6.44. The maximum atomic E-state index is 5.69. The minimum Gasteiger partial charge on any atom is -0.331 e. The van der Waals surface area contributed by atoms with Gasteiger partial charge in [-0.2, -0.15) is 0 Å². The van der Waals surface area contributed by atoms with Crippen molar-refractivity contribution in [1.82, 2.24) is 5.32 Å². The highest BCUT2D eigenvalue weighted by atomic mass is 16.9. The molecule has 23 heavy (non-hydrogen) atoms. The van der Waals surface area contributed by atoms with Crippen molar-refractivity contribution >= 4 is 0 Å². The molecule has 0 bridgehead atoms. The molecular weight excluding hydrogens is 290 g/mol. The quantitative estimate of drug-likeness (QED) is 0.332. The average Bonchev–Trinajstić information content (AvgIpc) is 2.59. The minimum absolute atomic E-state index is 0.257. The van der Waals surface area contributed by atoms with Crippen molar-refractivity contribution < 1.29 is 14.2 Å². The van der Waals surface area contributed by atoms with E-state index in [1.807, 2.05) is 7.05 Å². The molecule has 0 aliphatic rings. The van der Waals surface area contributed by atoms with Crippen LogP contribution in [0.4, 0.5) is 0 Å². The van der Waals surface area contributed by atoms with E-state index >= 15 is 0 Å². The van der Waals surface area contributed by atoms with Gasteiger partial charge in [0, 0.05) is 27.2 Å². The predicted molar refractivity (Wildman–Crippen MR) is 97.6 cm³/mol. The van der Waals surface area contributed by atoms with E-state index in [-0.39, 0.29) is 5.92 Å². The van der Waals surface area contributed by atoms with Crippen LogP contribution >= 0.6 is 0 Å². The molecule has 2 unspecified atom stereocenters. The highest BCUT2D eigenvalue weighted by molar-refractivity contribution is 4.78. The molecule has 0 aromatic heterocycles. The monoisotopic (exact) mass is 331 g/mol. The SMILES string of the molecule is CCCCCCCC(CC)C(CCCNC)C(OC)(OC)OC. The van der Waals surface area contributed by atoms with Crippen molar-refractivity contribution in [3.05, 3.63) is 0 Å². The van der Waals surface area contributed by atoms with Crippen LogP contribution in [0.15, 0.2) is 0 Å². The Kier molecular flexibility index (Phi) is 14.1. The Bertz CT molecular complexity index is 249. The third-order valence-electron chi connectivity index (χ3n) is 5.02. The van der Waals surface area contributed by atoms with Crippen molar-refractivity contribution in [2.75, 3.05) is 34.9 Å². The zero-order valence-corrected chi connectivity index (χ0v) is 16.5. The molecule has 140 valence electrons. The smallest absolute Gasteiger partial charge is 0.285 e. The van der Waals surface area contributed by atoms with Gasteiger partial charge in [0.15, 0.2) is 0 Å². The van der Waals surface area contributed by atoms with Crippen LogP contribution in [0, 0.1) is 11.8 Å². The molecule has 0 aliphatic heterocycles. The van der Waals surface area contributed by atoms with Gasteiger partial charge in [-0.05, 0) is 38.8 Å². The van der Waals surface area contributed by atoms with E-state index in [1.54, 1.807) is 21.3 Å². The van der Waals surface area contributed by atoms with E-state index < -0.39 is 5.97 Å². The summed E-state index contributed by atoms with van der Waals surface area (Å²) in [5.41, 5.74) is 0. The lowest BCUT2D eigenvalue weighted by Gasteiger charge is -2.40. The third kappa shape index (κ3) is 7.97. The highest BCUT2D eigenvalue weighted by Crippen LogP contribution is 2.38. The topological polar surface area (TPSA) is 39.7 Å². The maximum Gasteiger partial charge on any atom is 0.285 e. The molecule has 0 rings (SSSR count). The summed E-state index contributed by atoms with van der Waals surface area (Å²) in [4.78, 5) is 0. The van der Waals surface area contributed by atoms with Crippen LogP contribution in [0.3, 0.4) is 0 Å². The molecule has 0 aliphatic carbocycles. The minimum atomic E-state index is -0.919. The Morgan fingerprint density at radius 3 is 1.91 bits per heavy atom. The molecule has 0 radical (unpaired) electrons. The van der Waals surface area contributed by atoms with E-state index in [2.05, 4.69) is 19.2 Å². The van der Waals surface area contributed by atoms with Gasteiger partial charge in [-0.3, -0.25) is 0 Å². The van der Waals surface area contributed by atoms with Gasteiger partial charge in [-0.25, -0.2) is 0 Å². The molecule has 1 N–H and O–H groups in total. The van der Waals surface area contributed by atoms with Gasteiger partial charge < -0.3 is 19.5 Å². The molecule has 0 saturated heterocycles. The summed E-state index contributed by atoms with van der Waals surface area (Å²) < 4.78 is 17.1. The van der Waals surface area contributed by atoms with Crippen molar-refractivity contribution in [2.24, 2.45) is 11.8 Å². The third-order valence-corrected chi connectivity index (χ3v) is 5.02. The van der Waals surface area contributed by atoms with Crippen LogP contribution in [0.25, 0.3) is 0 Å². The molecule has 0 fully saturated rings. The van der Waals surface area contributed by atoms with Crippen LogP contribution < -0.4 is 5.32 Å². The lowest BCUT2D eigenvalue weighted by Crippen LogP contribution is -2.47. The Hall–Kier alpha value is -0.160. The Morgan fingerprint density at radius 1 is 0.826 bits per heavy atom. The van der Waals surface area contributed by atoms with Gasteiger partial charge in [0.1, 0.15) is 0 Å². The molecule has 4 nitrogen and oxygen atoms in total. The van der Waals surface area contributed by atoms with Gasteiger partial charge in [0.2, 0.25) is 0 Å². The first-order chi connectivity index (χ1) is 11.2. The first-order valence-corrected chi connectivity index (χ1v) is 9.45. The van der Waals surface area contributed by atoms with Crippen LogP contribution in [-0.2, 0) is 14.2 Å². The Labute approximate surface area is 144 Å². The second kappa shape index (κ2) is 14.2. The summed E-state index contributed by atoms with van der Waals surface area (Å²) >= 11 is 0. The van der Waals surface area contributed by atoms with Gasteiger partial charge >= 0.3 is 0 Å². The highest BCUT2D eigenvalue weighted by Gasteiger charge is 2.43. The Balaban J connectivity index is 4.82. The van der Waals surface area contributed by atoms with E-state index in [9.17, 15) is 0 Å². The van der Waals surface area contributed by atoms with Crippen molar-refractivity contribution in [2.45, 2.75) is 77.6 Å². The van der Waals surface area contributed by atoms with E-state index in [1.165, 1.54) is 38.5 Å². The standard InChI is InChI=1S/C19H41NO3/c1-7-9-10-11-12-14-17(8-2)18(15-13-16-20-3)19(21-4,22-5)23-6/h17-18,20H,7-16H2,1-6H3. The molecule has 0 aromatic carbocycles. The number of methoxy groups -OCH3 is 3. The first-order valence-electron chi connectivity index (χ1n) is 9.45. The van der Waals surface area contributed by atoms with Crippen LogP contribution in [0.1, 0.15) is 71.6 Å². The first kappa shape index (κ1) is 22.8. The Morgan fingerprint density at radius 2 is 1.43 bits per heavy atom. The number of hydrogen-bond donors (Lipinski definition) is 1. The number of nitrogens with one attached hydrogen (secondary N) is 1. The largest absolute Gasteiger partial charge is 0.331 e. The summed E-state index contributed by atoms with van der Waals surface area (Å²) in [6, 6.07) is 0. The normalized spacial score (nSPS) is 14.9. The average molecular weight is 332 g/mol. The van der Waals surface area contributed by atoms with E-state index in [4.69, 9.17) is 14.2 Å². The van der Waals surface area contributed by atoms with Gasteiger partial charge in [0.05, 0.1) is 0 Å². The lowest BCUT2D eigenvalue weighted by atomic mass is 9.80. The fourth-order valence-electron chi connectivity index (χ4n) is 3.60. The summed E-state index contributed by atoms with van der Waals surface area (Å²) in [7, 11) is 7.06.